The minimum absolute atomic E-state index is 0.0848. The van der Waals surface area contributed by atoms with Gasteiger partial charge in [-0.1, -0.05) is 35.7 Å². The standard InChI is InChI=1S/C16H24BrN3O/c1-2-3-4-9-18-16(21)20-12-10-19(11-13-20)15-7-5-14(17)6-8-15/h5-8H,2-4,9-13H2,1H3,(H,18,21). The minimum Gasteiger partial charge on any atom is -0.368 e. The Balaban J connectivity index is 1.75. The number of hydrogen-bond acceptors (Lipinski definition) is 2. The molecule has 5 heteroatoms. The predicted molar refractivity (Wildman–Crippen MR) is 90.9 cm³/mol. The third-order valence-electron chi connectivity index (χ3n) is 3.82. The Labute approximate surface area is 135 Å². The van der Waals surface area contributed by atoms with Gasteiger partial charge in [0.1, 0.15) is 0 Å². The number of nitrogens with zero attached hydrogens (tertiary/aromatic N) is 2. The van der Waals surface area contributed by atoms with E-state index >= 15 is 0 Å². The molecule has 1 saturated heterocycles. The van der Waals surface area contributed by atoms with Crippen molar-refractivity contribution in [2.45, 2.75) is 26.2 Å². The monoisotopic (exact) mass is 353 g/mol. The summed E-state index contributed by atoms with van der Waals surface area (Å²) in [6, 6.07) is 8.43. The van der Waals surface area contributed by atoms with Gasteiger partial charge >= 0.3 is 6.03 Å². The molecule has 0 bridgehead atoms. The van der Waals surface area contributed by atoms with Crippen molar-refractivity contribution in [2.75, 3.05) is 37.6 Å². The van der Waals surface area contributed by atoms with Crippen LogP contribution in [-0.4, -0.2) is 43.7 Å². The number of rotatable bonds is 5. The van der Waals surface area contributed by atoms with Crippen LogP contribution in [0, 0.1) is 0 Å². The fourth-order valence-corrected chi connectivity index (χ4v) is 2.77. The van der Waals surface area contributed by atoms with Gasteiger partial charge in [-0.05, 0) is 30.7 Å². The molecule has 2 amide bonds. The van der Waals surface area contributed by atoms with Gasteiger partial charge in [-0.2, -0.15) is 0 Å². The van der Waals surface area contributed by atoms with Crippen LogP contribution in [0.5, 0.6) is 0 Å². The Morgan fingerprint density at radius 1 is 1.14 bits per heavy atom. The van der Waals surface area contributed by atoms with Crippen molar-refractivity contribution >= 4 is 27.6 Å². The van der Waals surface area contributed by atoms with E-state index in [1.165, 1.54) is 18.5 Å². The second-order valence-corrected chi connectivity index (χ2v) is 6.31. The summed E-state index contributed by atoms with van der Waals surface area (Å²) in [6.45, 7) is 6.32. The van der Waals surface area contributed by atoms with Crippen LogP contribution in [0.15, 0.2) is 28.7 Å². The molecule has 0 aliphatic carbocycles. The lowest BCUT2D eigenvalue weighted by Crippen LogP contribution is -2.52. The van der Waals surface area contributed by atoms with E-state index in [1.807, 2.05) is 4.90 Å². The number of carbonyl (C=O) groups excluding carboxylic acids is 1. The van der Waals surface area contributed by atoms with Gasteiger partial charge < -0.3 is 15.1 Å². The molecule has 0 unspecified atom stereocenters. The Bertz CT molecular complexity index is 441. The zero-order chi connectivity index (χ0) is 15.1. The van der Waals surface area contributed by atoms with E-state index in [9.17, 15) is 4.79 Å². The van der Waals surface area contributed by atoms with Gasteiger partial charge in [-0.25, -0.2) is 4.79 Å². The topological polar surface area (TPSA) is 35.6 Å². The molecule has 116 valence electrons. The number of halogens is 1. The Morgan fingerprint density at radius 3 is 2.43 bits per heavy atom. The van der Waals surface area contributed by atoms with E-state index < -0.39 is 0 Å². The predicted octanol–water partition coefficient (Wildman–Crippen LogP) is 3.47. The molecular formula is C16H24BrN3O. The molecule has 21 heavy (non-hydrogen) atoms. The van der Waals surface area contributed by atoms with Gasteiger partial charge in [0, 0.05) is 42.9 Å². The normalized spacial score (nSPS) is 15.1. The fraction of sp³-hybridized carbons (Fsp3) is 0.562. The molecule has 0 aromatic heterocycles. The van der Waals surface area contributed by atoms with Gasteiger partial charge in [0.25, 0.3) is 0 Å². The second-order valence-electron chi connectivity index (χ2n) is 5.39. The molecule has 1 aromatic rings. The van der Waals surface area contributed by atoms with E-state index in [-0.39, 0.29) is 6.03 Å². The quantitative estimate of drug-likeness (QED) is 0.822. The Morgan fingerprint density at radius 2 is 1.81 bits per heavy atom. The molecule has 0 spiro atoms. The summed E-state index contributed by atoms with van der Waals surface area (Å²) in [4.78, 5) is 16.3. The highest BCUT2D eigenvalue weighted by atomic mass is 79.9. The average Bonchev–Trinajstić information content (AvgIpc) is 2.52. The maximum atomic E-state index is 12.0. The van der Waals surface area contributed by atoms with Gasteiger partial charge in [0.15, 0.2) is 0 Å². The zero-order valence-corrected chi connectivity index (χ0v) is 14.2. The summed E-state index contributed by atoms with van der Waals surface area (Å²) in [7, 11) is 0. The van der Waals surface area contributed by atoms with E-state index in [0.717, 1.165) is 43.6 Å². The SMILES string of the molecule is CCCCCNC(=O)N1CCN(c2ccc(Br)cc2)CC1. The van der Waals surface area contributed by atoms with Crippen LogP contribution in [0.1, 0.15) is 26.2 Å². The molecule has 1 aromatic carbocycles. The first kappa shape index (κ1) is 16.1. The lowest BCUT2D eigenvalue weighted by atomic mass is 10.2. The van der Waals surface area contributed by atoms with Crippen molar-refractivity contribution in [3.8, 4) is 0 Å². The first-order chi connectivity index (χ1) is 10.2. The van der Waals surface area contributed by atoms with Gasteiger partial charge in [0.2, 0.25) is 0 Å². The molecule has 1 aliphatic heterocycles. The third-order valence-corrected chi connectivity index (χ3v) is 4.34. The molecule has 1 heterocycles. The second kappa shape index (κ2) is 8.27. The number of amides is 2. The van der Waals surface area contributed by atoms with Gasteiger partial charge in [-0.3, -0.25) is 0 Å². The molecule has 1 fully saturated rings. The van der Waals surface area contributed by atoms with Crippen molar-refractivity contribution in [1.82, 2.24) is 10.2 Å². The van der Waals surface area contributed by atoms with Crippen molar-refractivity contribution in [3.05, 3.63) is 28.7 Å². The lowest BCUT2D eigenvalue weighted by molar-refractivity contribution is 0.194. The van der Waals surface area contributed by atoms with Gasteiger partial charge in [-0.15, -0.1) is 0 Å². The molecule has 0 radical (unpaired) electrons. The maximum Gasteiger partial charge on any atom is 0.317 e. The first-order valence-electron chi connectivity index (χ1n) is 7.74. The summed E-state index contributed by atoms with van der Waals surface area (Å²) in [5.41, 5.74) is 1.22. The number of anilines is 1. The van der Waals surface area contributed by atoms with E-state index in [0.29, 0.717) is 0 Å². The third kappa shape index (κ3) is 4.92. The molecule has 2 rings (SSSR count). The maximum absolute atomic E-state index is 12.0. The number of benzene rings is 1. The van der Waals surface area contributed by atoms with Crippen LogP contribution in [-0.2, 0) is 0 Å². The number of hydrogen-bond donors (Lipinski definition) is 1. The van der Waals surface area contributed by atoms with E-state index in [1.54, 1.807) is 0 Å². The number of urea groups is 1. The fourth-order valence-electron chi connectivity index (χ4n) is 2.50. The number of nitrogens with one attached hydrogen (secondary N) is 1. The summed E-state index contributed by atoms with van der Waals surface area (Å²) in [5, 5.41) is 3.01. The lowest BCUT2D eigenvalue weighted by Gasteiger charge is -2.36. The summed E-state index contributed by atoms with van der Waals surface area (Å²) in [5.74, 6) is 0. The van der Waals surface area contributed by atoms with Crippen LogP contribution in [0.4, 0.5) is 10.5 Å². The van der Waals surface area contributed by atoms with Crippen LogP contribution in [0.3, 0.4) is 0 Å². The van der Waals surface area contributed by atoms with Crippen LogP contribution in [0.25, 0.3) is 0 Å². The number of unbranched alkanes of at least 4 members (excludes halogenated alkanes) is 2. The molecule has 1 aliphatic rings. The van der Waals surface area contributed by atoms with Crippen molar-refractivity contribution in [3.63, 3.8) is 0 Å². The Hall–Kier alpha value is -1.23. The van der Waals surface area contributed by atoms with Crippen molar-refractivity contribution < 1.29 is 4.79 Å². The van der Waals surface area contributed by atoms with Crippen molar-refractivity contribution in [1.29, 1.82) is 0 Å². The minimum atomic E-state index is 0.0848. The van der Waals surface area contributed by atoms with Crippen LogP contribution >= 0.6 is 15.9 Å². The summed E-state index contributed by atoms with van der Waals surface area (Å²) in [6.07, 6.45) is 3.43. The summed E-state index contributed by atoms with van der Waals surface area (Å²) >= 11 is 3.45. The molecule has 4 nitrogen and oxygen atoms in total. The smallest absolute Gasteiger partial charge is 0.317 e. The molecular weight excluding hydrogens is 330 g/mol. The van der Waals surface area contributed by atoms with Crippen LogP contribution < -0.4 is 10.2 Å². The van der Waals surface area contributed by atoms with Gasteiger partial charge in [0.05, 0.1) is 0 Å². The van der Waals surface area contributed by atoms with E-state index in [4.69, 9.17) is 0 Å². The Kier molecular flexibility index (Phi) is 6.36. The largest absolute Gasteiger partial charge is 0.368 e. The number of piperazine rings is 1. The highest BCUT2D eigenvalue weighted by molar-refractivity contribution is 9.10. The highest BCUT2D eigenvalue weighted by Crippen LogP contribution is 2.19. The average molecular weight is 354 g/mol. The molecule has 1 N–H and O–H groups in total. The van der Waals surface area contributed by atoms with Crippen molar-refractivity contribution in [2.24, 2.45) is 0 Å². The van der Waals surface area contributed by atoms with E-state index in [2.05, 4.69) is 57.3 Å². The highest BCUT2D eigenvalue weighted by Gasteiger charge is 2.20. The zero-order valence-electron chi connectivity index (χ0n) is 12.6. The molecule has 0 saturated carbocycles. The summed E-state index contributed by atoms with van der Waals surface area (Å²) < 4.78 is 1.09. The van der Waals surface area contributed by atoms with Crippen LogP contribution in [0.2, 0.25) is 0 Å². The number of carbonyl (C=O) groups is 1. The first-order valence-corrected chi connectivity index (χ1v) is 8.53. The molecule has 0 atom stereocenters.